The van der Waals surface area contributed by atoms with Gasteiger partial charge in [-0.15, -0.1) is 21.5 Å². The Kier molecular flexibility index (Phi) is 4.49. The van der Waals surface area contributed by atoms with E-state index in [4.69, 9.17) is 0 Å². The van der Waals surface area contributed by atoms with E-state index in [0.717, 1.165) is 32.0 Å². The predicted molar refractivity (Wildman–Crippen MR) is 100 cm³/mol. The molecule has 25 heavy (non-hydrogen) atoms. The number of aromatic nitrogens is 3. The molecule has 2 aromatic carbocycles. The summed E-state index contributed by atoms with van der Waals surface area (Å²) >= 11 is 3.07. The standard InChI is InChI=1S/C18H13FN4S2/c19-14-8-6-12(7-9-14)15-11-24-18(21-15)20-10-16-22-23-17(25-16)13-4-2-1-3-5-13/h1-9,11H,10H2,(H,20,21). The SMILES string of the molecule is Fc1ccc(-c2csc(NCc3nnc(-c4ccccc4)s3)n2)cc1. The van der Waals surface area contributed by atoms with Crippen LogP contribution in [0.15, 0.2) is 60.0 Å². The average Bonchev–Trinajstić information content (AvgIpc) is 3.31. The number of nitrogens with one attached hydrogen (secondary N) is 1. The molecule has 0 saturated carbocycles. The van der Waals surface area contributed by atoms with Gasteiger partial charge >= 0.3 is 0 Å². The largest absolute Gasteiger partial charge is 0.355 e. The van der Waals surface area contributed by atoms with Gasteiger partial charge in [-0.2, -0.15) is 0 Å². The van der Waals surface area contributed by atoms with E-state index in [9.17, 15) is 4.39 Å². The highest BCUT2D eigenvalue weighted by Gasteiger charge is 2.08. The molecule has 2 aromatic heterocycles. The van der Waals surface area contributed by atoms with E-state index < -0.39 is 0 Å². The van der Waals surface area contributed by atoms with E-state index in [-0.39, 0.29) is 5.82 Å². The zero-order valence-corrected chi connectivity index (χ0v) is 14.6. The van der Waals surface area contributed by atoms with Crippen LogP contribution in [0.4, 0.5) is 9.52 Å². The normalized spacial score (nSPS) is 10.8. The molecule has 4 aromatic rings. The molecule has 0 bridgehead atoms. The number of rotatable bonds is 5. The molecule has 0 atom stereocenters. The third kappa shape index (κ3) is 3.72. The second-order valence-corrected chi connectivity index (χ2v) is 7.19. The van der Waals surface area contributed by atoms with E-state index in [1.807, 2.05) is 35.7 Å². The smallest absolute Gasteiger partial charge is 0.183 e. The van der Waals surface area contributed by atoms with Crippen LogP contribution in [0.5, 0.6) is 0 Å². The van der Waals surface area contributed by atoms with Gasteiger partial charge in [0.25, 0.3) is 0 Å². The monoisotopic (exact) mass is 368 g/mol. The molecule has 1 N–H and O–H groups in total. The fourth-order valence-electron chi connectivity index (χ4n) is 2.28. The zero-order valence-electron chi connectivity index (χ0n) is 13.0. The first-order valence-corrected chi connectivity index (χ1v) is 9.31. The lowest BCUT2D eigenvalue weighted by atomic mass is 10.2. The van der Waals surface area contributed by atoms with Crippen LogP contribution < -0.4 is 5.32 Å². The van der Waals surface area contributed by atoms with Crippen LogP contribution in [-0.2, 0) is 6.54 Å². The summed E-state index contributed by atoms with van der Waals surface area (Å²) < 4.78 is 13.0. The van der Waals surface area contributed by atoms with Crippen LogP contribution in [0.2, 0.25) is 0 Å². The van der Waals surface area contributed by atoms with Gasteiger partial charge < -0.3 is 5.32 Å². The molecule has 4 rings (SSSR count). The van der Waals surface area contributed by atoms with Crippen LogP contribution in [0.3, 0.4) is 0 Å². The van der Waals surface area contributed by atoms with E-state index in [1.54, 1.807) is 23.5 Å². The van der Waals surface area contributed by atoms with Crippen molar-refractivity contribution in [2.45, 2.75) is 6.54 Å². The van der Waals surface area contributed by atoms with E-state index in [0.29, 0.717) is 6.54 Å². The molecular weight excluding hydrogens is 355 g/mol. The van der Waals surface area contributed by atoms with Crippen molar-refractivity contribution >= 4 is 27.8 Å². The molecule has 0 spiro atoms. The predicted octanol–water partition coefficient (Wildman–Crippen LogP) is 5.08. The van der Waals surface area contributed by atoms with Crippen molar-refractivity contribution < 1.29 is 4.39 Å². The molecule has 124 valence electrons. The number of hydrogen-bond acceptors (Lipinski definition) is 6. The van der Waals surface area contributed by atoms with Crippen LogP contribution in [0, 0.1) is 5.82 Å². The topological polar surface area (TPSA) is 50.7 Å². The Balaban J connectivity index is 1.42. The van der Waals surface area contributed by atoms with E-state index in [2.05, 4.69) is 20.5 Å². The molecule has 7 heteroatoms. The van der Waals surface area contributed by atoms with Crippen LogP contribution in [-0.4, -0.2) is 15.2 Å². The molecule has 0 fully saturated rings. The number of anilines is 1. The van der Waals surface area contributed by atoms with Crippen LogP contribution >= 0.6 is 22.7 Å². The fraction of sp³-hybridized carbons (Fsp3) is 0.0556. The number of halogens is 1. The van der Waals surface area contributed by atoms with Crippen molar-refractivity contribution in [2.24, 2.45) is 0 Å². The molecule has 0 aliphatic rings. The zero-order chi connectivity index (χ0) is 17.1. The first-order chi connectivity index (χ1) is 12.3. The van der Waals surface area contributed by atoms with Crippen molar-refractivity contribution in [1.29, 1.82) is 0 Å². The van der Waals surface area contributed by atoms with Gasteiger partial charge in [-0.1, -0.05) is 41.7 Å². The van der Waals surface area contributed by atoms with Crippen LogP contribution in [0.1, 0.15) is 5.01 Å². The molecular formula is C18H13FN4S2. The summed E-state index contributed by atoms with van der Waals surface area (Å²) in [6.45, 7) is 0.570. The van der Waals surface area contributed by atoms with Gasteiger partial charge in [0.05, 0.1) is 12.2 Å². The summed E-state index contributed by atoms with van der Waals surface area (Å²) in [6, 6.07) is 16.3. The van der Waals surface area contributed by atoms with Crippen LogP contribution in [0.25, 0.3) is 21.8 Å². The van der Waals surface area contributed by atoms with Crippen molar-refractivity contribution in [3.05, 3.63) is 70.8 Å². The van der Waals surface area contributed by atoms with Gasteiger partial charge in [-0.25, -0.2) is 9.37 Å². The van der Waals surface area contributed by atoms with Gasteiger partial charge in [0, 0.05) is 16.5 Å². The molecule has 2 heterocycles. The second-order valence-electron chi connectivity index (χ2n) is 5.27. The summed E-state index contributed by atoms with van der Waals surface area (Å²) in [5, 5.41) is 16.3. The first kappa shape index (κ1) is 15.9. The number of nitrogens with zero attached hydrogens (tertiary/aromatic N) is 3. The minimum absolute atomic E-state index is 0.247. The van der Waals surface area contributed by atoms with Crippen molar-refractivity contribution in [2.75, 3.05) is 5.32 Å². The third-order valence-corrected chi connectivity index (χ3v) is 5.29. The Morgan fingerprint density at radius 2 is 1.72 bits per heavy atom. The fourth-order valence-corrected chi connectivity index (χ4v) is 3.79. The molecule has 0 aliphatic heterocycles. The highest BCUT2D eigenvalue weighted by molar-refractivity contribution is 7.15. The maximum atomic E-state index is 13.0. The molecule has 0 radical (unpaired) electrons. The molecule has 0 saturated heterocycles. The van der Waals surface area contributed by atoms with E-state index in [1.165, 1.54) is 23.5 Å². The number of thiazole rings is 1. The Labute approximate surface area is 152 Å². The Morgan fingerprint density at radius 3 is 2.52 bits per heavy atom. The summed E-state index contributed by atoms with van der Waals surface area (Å²) in [7, 11) is 0. The third-order valence-electron chi connectivity index (χ3n) is 3.52. The summed E-state index contributed by atoms with van der Waals surface area (Å²) in [6.07, 6.45) is 0. The van der Waals surface area contributed by atoms with Crippen molar-refractivity contribution in [3.8, 4) is 21.8 Å². The molecule has 0 aliphatic carbocycles. The summed E-state index contributed by atoms with van der Waals surface area (Å²) in [5.41, 5.74) is 2.79. The highest BCUT2D eigenvalue weighted by Crippen LogP contribution is 2.27. The number of hydrogen-bond donors (Lipinski definition) is 1. The van der Waals surface area contributed by atoms with Gasteiger partial charge in [-0.05, 0) is 24.3 Å². The summed E-state index contributed by atoms with van der Waals surface area (Å²) in [4.78, 5) is 4.53. The summed E-state index contributed by atoms with van der Waals surface area (Å²) in [5.74, 6) is -0.247. The Morgan fingerprint density at radius 1 is 0.920 bits per heavy atom. The minimum Gasteiger partial charge on any atom is -0.355 e. The Bertz CT molecular complexity index is 964. The van der Waals surface area contributed by atoms with Gasteiger partial charge in [0.2, 0.25) is 0 Å². The first-order valence-electron chi connectivity index (χ1n) is 7.61. The van der Waals surface area contributed by atoms with Gasteiger partial charge in [0.15, 0.2) is 5.13 Å². The van der Waals surface area contributed by atoms with E-state index >= 15 is 0 Å². The Hall–Kier alpha value is -2.64. The molecule has 0 unspecified atom stereocenters. The quantitative estimate of drug-likeness (QED) is 0.534. The second kappa shape index (κ2) is 7.08. The van der Waals surface area contributed by atoms with Crippen molar-refractivity contribution in [3.63, 3.8) is 0 Å². The van der Waals surface area contributed by atoms with Crippen molar-refractivity contribution in [1.82, 2.24) is 15.2 Å². The maximum absolute atomic E-state index is 13.0. The maximum Gasteiger partial charge on any atom is 0.183 e. The van der Waals surface area contributed by atoms with Gasteiger partial charge in [-0.3, -0.25) is 0 Å². The molecule has 0 amide bonds. The average molecular weight is 368 g/mol. The number of benzene rings is 2. The highest BCUT2D eigenvalue weighted by atomic mass is 32.1. The lowest BCUT2D eigenvalue weighted by Gasteiger charge is -1.98. The molecule has 4 nitrogen and oxygen atoms in total. The minimum atomic E-state index is -0.247. The van der Waals surface area contributed by atoms with Gasteiger partial charge in [0.1, 0.15) is 15.8 Å². The lowest BCUT2D eigenvalue weighted by Crippen LogP contribution is -1.98. The lowest BCUT2D eigenvalue weighted by molar-refractivity contribution is 0.628.